The highest BCUT2D eigenvalue weighted by Crippen LogP contribution is 2.34. The van der Waals surface area contributed by atoms with Crippen molar-refractivity contribution in [3.05, 3.63) is 22.2 Å². The minimum absolute atomic E-state index is 0.272. The van der Waals surface area contributed by atoms with E-state index >= 15 is 0 Å². The van der Waals surface area contributed by atoms with Crippen LogP contribution in [0, 0.1) is 5.92 Å². The quantitative estimate of drug-likeness (QED) is 0.893. The molecule has 0 spiro atoms. The van der Waals surface area contributed by atoms with Gasteiger partial charge in [0.2, 0.25) is 0 Å². The fraction of sp³-hybridized carbons (Fsp3) is 0.600. The van der Waals surface area contributed by atoms with E-state index in [1.54, 1.807) is 14.2 Å². The second kappa shape index (κ2) is 6.78. The number of methoxy groups -OCH3 is 2. The molecule has 2 rings (SSSR count). The third kappa shape index (κ3) is 3.45. The predicted molar refractivity (Wildman–Crippen MR) is 84.3 cm³/mol. The molecule has 20 heavy (non-hydrogen) atoms. The molecule has 1 heterocycles. The lowest BCUT2D eigenvalue weighted by atomic mass is 10.0. The smallest absolute Gasteiger partial charge is 0.161 e. The molecule has 1 aromatic carbocycles. The Morgan fingerprint density at radius 1 is 1.35 bits per heavy atom. The summed E-state index contributed by atoms with van der Waals surface area (Å²) in [7, 11) is 3.31. The Kier molecular flexibility index (Phi) is 5.29. The zero-order valence-corrected chi connectivity index (χ0v) is 13.9. The number of nitrogens with two attached hydrogens (primary N) is 1. The summed E-state index contributed by atoms with van der Waals surface area (Å²) in [6.45, 7) is 5.18. The number of nitrogens with zero attached hydrogens (tertiary/aromatic N) is 1. The van der Waals surface area contributed by atoms with Crippen LogP contribution in [0.15, 0.2) is 16.6 Å². The van der Waals surface area contributed by atoms with Crippen LogP contribution >= 0.6 is 15.9 Å². The lowest BCUT2D eigenvalue weighted by Crippen LogP contribution is -2.29. The summed E-state index contributed by atoms with van der Waals surface area (Å²) in [5.41, 5.74) is 7.21. The van der Waals surface area contributed by atoms with Crippen molar-refractivity contribution >= 4 is 15.9 Å². The molecular formula is C15H23BrN2O2. The number of likely N-dealkylation sites (tertiary alicyclic amines) is 1. The summed E-state index contributed by atoms with van der Waals surface area (Å²) in [5, 5.41) is 0. The fourth-order valence-electron chi connectivity index (χ4n) is 2.69. The van der Waals surface area contributed by atoms with Gasteiger partial charge in [0.1, 0.15) is 0 Å². The molecule has 1 saturated heterocycles. The molecule has 4 nitrogen and oxygen atoms in total. The van der Waals surface area contributed by atoms with Crippen LogP contribution in [0.1, 0.15) is 18.9 Å². The molecule has 0 aliphatic carbocycles. The third-order valence-electron chi connectivity index (χ3n) is 4.00. The summed E-state index contributed by atoms with van der Waals surface area (Å²) >= 11 is 3.62. The first-order valence-corrected chi connectivity index (χ1v) is 7.72. The average molecular weight is 343 g/mol. The van der Waals surface area contributed by atoms with Crippen molar-refractivity contribution in [2.45, 2.75) is 25.9 Å². The van der Waals surface area contributed by atoms with Crippen LogP contribution in [0.3, 0.4) is 0 Å². The van der Waals surface area contributed by atoms with E-state index in [9.17, 15) is 0 Å². The van der Waals surface area contributed by atoms with Crippen molar-refractivity contribution in [1.82, 2.24) is 4.90 Å². The van der Waals surface area contributed by atoms with Crippen molar-refractivity contribution in [2.24, 2.45) is 11.7 Å². The monoisotopic (exact) mass is 342 g/mol. The molecule has 0 amide bonds. The van der Waals surface area contributed by atoms with E-state index in [0.717, 1.165) is 35.6 Å². The standard InChI is InChI=1S/C15H23BrN2O2/c1-10(17)11-4-5-18(8-11)9-12-6-14(19-2)15(20-3)7-13(12)16/h6-7,10-11H,4-5,8-9,17H2,1-3H3. The molecule has 2 N–H and O–H groups in total. The largest absolute Gasteiger partial charge is 0.493 e. The maximum absolute atomic E-state index is 5.99. The van der Waals surface area contributed by atoms with Gasteiger partial charge in [-0.3, -0.25) is 4.90 Å². The molecule has 1 aliphatic heterocycles. The molecule has 2 unspecified atom stereocenters. The van der Waals surface area contributed by atoms with Gasteiger partial charge in [0, 0.05) is 23.6 Å². The average Bonchev–Trinajstić information content (AvgIpc) is 2.89. The van der Waals surface area contributed by atoms with Crippen molar-refractivity contribution in [2.75, 3.05) is 27.3 Å². The second-order valence-electron chi connectivity index (χ2n) is 5.44. The van der Waals surface area contributed by atoms with Crippen LogP contribution in [0.25, 0.3) is 0 Å². The minimum atomic E-state index is 0.272. The first-order chi connectivity index (χ1) is 9.55. The molecule has 1 aliphatic rings. The highest BCUT2D eigenvalue weighted by Gasteiger charge is 2.25. The number of rotatable bonds is 5. The zero-order chi connectivity index (χ0) is 14.7. The van der Waals surface area contributed by atoms with Crippen LogP contribution in [0.5, 0.6) is 11.5 Å². The molecule has 2 atom stereocenters. The van der Waals surface area contributed by atoms with Gasteiger partial charge >= 0.3 is 0 Å². The van der Waals surface area contributed by atoms with E-state index in [1.165, 1.54) is 12.0 Å². The Hall–Kier alpha value is -0.780. The summed E-state index contributed by atoms with van der Waals surface area (Å²) in [5.74, 6) is 2.13. The Morgan fingerprint density at radius 2 is 2.00 bits per heavy atom. The Labute approximate surface area is 129 Å². The molecular weight excluding hydrogens is 320 g/mol. The number of benzene rings is 1. The Bertz CT molecular complexity index is 465. The molecule has 0 bridgehead atoms. The Morgan fingerprint density at radius 3 is 2.55 bits per heavy atom. The van der Waals surface area contributed by atoms with E-state index in [4.69, 9.17) is 15.2 Å². The van der Waals surface area contributed by atoms with Gasteiger partial charge in [0.15, 0.2) is 11.5 Å². The lowest BCUT2D eigenvalue weighted by Gasteiger charge is -2.19. The molecule has 0 radical (unpaired) electrons. The molecule has 0 aromatic heterocycles. The van der Waals surface area contributed by atoms with Crippen LogP contribution in [-0.4, -0.2) is 38.3 Å². The third-order valence-corrected chi connectivity index (χ3v) is 4.74. The summed E-state index contributed by atoms with van der Waals surface area (Å²) < 4.78 is 11.7. The van der Waals surface area contributed by atoms with Gasteiger partial charge in [0.25, 0.3) is 0 Å². The van der Waals surface area contributed by atoms with Gasteiger partial charge in [-0.15, -0.1) is 0 Å². The lowest BCUT2D eigenvalue weighted by molar-refractivity contribution is 0.306. The van der Waals surface area contributed by atoms with Crippen LogP contribution in [-0.2, 0) is 6.54 Å². The van der Waals surface area contributed by atoms with Crippen molar-refractivity contribution in [3.63, 3.8) is 0 Å². The second-order valence-corrected chi connectivity index (χ2v) is 6.30. The number of halogens is 1. The molecule has 1 fully saturated rings. The number of ether oxygens (including phenoxy) is 2. The van der Waals surface area contributed by atoms with Crippen LogP contribution in [0.2, 0.25) is 0 Å². The normalized spacial score (nSPS) is 20.9. The maximum Gasteiger partial charge on any atom is 0.161 e. The SMILES string of the molecule is COc1cc(Br)c(CN2CCC(C(C)N)C2)cc1OC. The van der Waals surface area contributed by atoms with Gasteiger partial charge < -0.3 is 15.2 Å². The van der Waals surface area contributed by atoms with E-state index in [0.29, 0.717) is 5.92 Å². The van der Waals surface area contributed by atoms with Crippen molar-refractivity contribution < 1.29 is 9.47 Å². The summed E-state index contributed by atoms with van der Waals surface area (Å²) in [6.07, 6.45) is 1.18. The molecule has 112 valence electrons. The summed E-state index contributed by atoms with van der Waals surface area (Å²) in [4.78, 5) is 2.44. The van der Waals surface area contributed by atoms with E-state index < -0.39 is 0 Å². The first kappa shape index (κ1) is 15.6. The highest BCUT2D eigenvalue weighted by molar-refractivity contribution is 9.10. The Balaban J connectivity index is 2.10. The van der Waals surface area contributed by atoms with Crippen molar-refractivity contribution in [3.8, 4) is 11.5 Å². The maximum atomic E-state index is 5.99. The van der Waals surface area contributed by atoms with Gasteiger partial charge in [0.05, 0.1) is 14.2 Å². The summed E-state index contributed by atoms with van der Waals surface area (Å²) in [6, 6.07) is 4.28. The van der Waals surface area contributed by atoms with Gasteiger partial charge in [-0.1, -0.05) is 15.9 Å². The number of hydrogen-bond acceptors (Lipinski definition) is 4. The topological polar surface area (TPSA) is 47.7 Å². The first-order valence-electron chi connectivity index (χ1n) is 6.93. The fourth-order valence-corrected chi connectivity index (χ4v) is 3.14. The van der Waals surface area contributed by atoms with Gasteiger partial charge in [-0.2, -0.15) is 0 Å². The van der Waals surface area contributed by atoms with Gasteiger partial charge in [-0.05, 0) is 43.5 Å². The van der Waals surface area contributed by atoms with E-state index in [-0.39, 0.29) is 6.04 Å². The van der Waals surface area contributed by atoms with Gasteiger partial charge in [-0.25, -0.2) is 0 Å². The molecule has 5 heteroatoms. The number of hydrogen-bond donors (Lipinski definition) is 1. The van der Waals surface area contributed by atoms with Crippen LogP contribution in [0.4, 0.5) is 0 Å². The van der Waals surface area contributed by atoms with Crippen molar-refractivity contribution in [1.29, 1.82) is 0 Å². The predicted octanol–water partition coefficient (Wildman–Crippen LogP) is 2.64. The molecule has 0 saturated carbocycles. The van der Waals surface area contributed by atoms with E-state index in [1.807, 2.05) is 12.1 Å². The molecule has 1 aromatic rings. The van der Waals surface area contributed by atoms with E-state index in [2.05, 4.69) is 27.8 Å². The van der Waals surface area contributed by atoms with Crippen LogP contribution < -0.4 is 15.2 Å². The zero-order valence-electron chi connectivity index (χ0n) is 12.4. The highest BCUT2D eigenvalue weighted by atomic mass is 79.9. The minimum Gasteiger partial charge on any atom is -0.493 e.